The number of allylic oxidation sites excluding steroid dienone is 6. The van der Waals surface area contributed by atoms with E-state index < -0.39 is 17.3 Å². The van der Waals surface area contributed by atoms with Gasteiger partial charge in [-0.15, -0.1) is 0 Å². The Morgan fingerprint density at radius 2 is 2.00 bits per heavy atom. The lowest BCUT2D eigenvalue weighted by Crippen LogP contribution is -2.32. The van der Waals surface area contributed by atoms with Crippen molar-refractivity contribution in [1.29, 1.82) is 0 Å². The topological polar surface area (TPSA) is 73.1 Å². The van der Waals surface area contributed by atoms with Crippen LogP contribution in [0.5, 0.6) is 0 Å². The first-order valence-electron chi connectivity index (χ1n) is 10.1. The normalized spacial score (nSPS) is 21.1. The molecule has 0 saturated carbocycles. The van der Waals surface area contributed by atoms with Gasteiger partial charge in [0.1, 0.15) is 0 Å². The van der Waals surface area contributed by atoms with Crippen LogP contribution in [0.1, 0.15) is 40.7 Å². The minimum Gasteiger partial charge on any atom is -0.366 e. The van der Waals surface area contributed by atoms with E-state index in [0.717, 1.165) is 11.1 Å². The Morgan fingerprint density at radius 1 is 1.23 bits per heavy atom. The molecule has 2 aromatic rings. The average Bonchev–Trinajstić information content (AvgIpc) is 2.74. The fourth-order valence-electron chi connectivity index (χ4n) is 4.13. The second-order valence-corrected chi connectivity index (χ2v) is 7.68. The molecule has 1 aromatic heterocycles. The molecule has 1 aliphatic carbocycles. The van der Waals surface area contributed by atoms with E-state index >= 15 is 0 Å². The number of Topliss-reactive ketones (excluding diaryl/α,β-unsaturated/α-hetero) is 1. The van der Waals surface area contributed by atoms with E-state index in [2.05, 4.69) is 11.6 Å². The summed E-state index contributed by atoms with van der Waals surface area (Å²) in [5.74, 6) is -1.12. The van der Waals surface area contributed by atoms with Gasteiger partial charge in [0.2, 0.25) is 11.9 Å². The smallest absolute Gasteiger partial charge is 0.241 e. The maximum atomic E-state index is 13.9. The summed E-state index contributed by atoms with van der Waals surface area (Å²) in [6.45, 7) is 3.84. The molecular formula is C26H25FN2O2. The van der Waals surface area contributed by atoms with Crippen LogP contribution in [0.25, 0.3) is 0 Å². The van der Waals surface area contributed by atoms with Gasteiger partial charge in [-0.3, -0.25) is 9.59 Å². The summed E-state index contributed by atoms with van der Waals surface area (Å²) in [4.78, 5) is 28.3. The minimum absolute atomic E-state index is 0.00599. The van der Waals surface area contributed by atoms with Crippen molar-refractivity contribution in [2.45, 2.75) is 31.1 Å². The second-order valence-electron chi connectivity index (χ2n) is 7.68. The molecule has 1 heterocycles. The summed E-state index contributed by atoms with van der Waals surface area (Å²) in [7, 11) is 0. The fourth-order valence-corrected chi connectivity index (χ4v) is 4.13. The predicted molar refractivity (Wildman–Crippen MR) is 120 cm³/mol. The Morgan fingerprint density at radius 3 is 2.74 bits per heavy atom. The van der Waals surface area contributed by atoms with Crippen LogP contribution in [0.3, 0.4) is 0 Å². The highest BCUT2D eigenvalue weighted by molar-refractivity contribution is 5.98. The summed E-state index contributed by atoms with van der Waals surface area (Å²) in [6, 6.07) is 10.7. The van der Waals surface area contributed by atoms with Crippen LogP contribution < -0.4 is 5.73 Å². The number of amides is 1. The maximum absolute atomic E-state index is 13.9. The quantitative estimate of drug-likeness (QED) is 0.418. The zero-order valence-electron chi connectivity index (χ0n) is 17.3. The molecule has 0 spiro atoms. The minimum atomic E-state index is -0.628. The number of nitrogens with two attached hydrogens (primary N) is 1. The molecule has 2 N–H and O–H groups in total. The van der Waals surface area contributed by atoms with Gasteiger partial charge in [-0.1, -0.05) is 61.2 Å². The summed E-state index contributed by atoms with van der Waals surface area (Å²) < 4.78 is 13.9. The van der Waals surface area contributed by atoms with Gasteiger partial charge >= 0.3 is 0 Å². The molecule has 0 aliphatic heterocycles. The Hall–Kier alpha value is -3.60. The molecule has 5 heteroatoms. The largest absolute Gasteiger partial charge is 0.366 e. The maximum Gasteiger partial charge on any atom is 0.241 e. The van der Waals surface area contributed by atoms with Crippen molar-refractivity contribution in [1.82, 2.24) is 4.98 Å². The molecule has 1 unspecified atom stereocenters. The van der Waals surface area contributed by atoms with Crippen LogP contribution in [-0.2, 0) is 16.6 Å². The summed E-state index contributed by atoms with van der Waals surface area (Å²) in [6.07, 6.45) is 13.7. The highest BCUT2D eigenvalue weighted by Gasteiger charge is 2.35. The summed E-state index contributed by atoms with van der Waals surface area (Å²) in [5.41, 5.74) is 7.67. The van der Waals surface area contributed by atoms with Gasteiger partial charge in [0.15, 0.2) is 5.78 Å². The Kier molecular flexibility index (Phi) is 7.08. The van der Waals surface area contributed by atoms with Crippen LogP contribution >= 0.6 is 0 Å². The first-order valence-corrected chi connectivity index (χ1v) is 10.1. The number of ketones is 1. The second kappa shape index (κ2) is 9.94. The van der Waals surface area contributed by atoms with Gasteiger partial charge in [0.05, 0.1) is 0 Å². The van der Waals surface area contributed by atoms with Crippen molar-refractivity contribution in [3.8, 4) is 0 Å². The number of carbonyl (C=O) groups is 2. The lowest BCUT2D eigenvalue weighted by molar-refractivity contribution is -0.113. The van der Waals surface area contributed by atoms with E-state index in [1.54, 1.807) is 12.1 Å². The zero-order valence-corrected chi connectivity index (χ0v) is 17.3. The van der Waals surface area contributed by atoms with Gasteiger partial charge in [0.25, 0.3) is 0 Å². The molecule has 0 saturated heterocycles. The number of rotatable bonds is 6. The molecule has 31 heavy (non-hydrogen) atoms. The summed E-state index contributed by atoms with van der Waals surface area (Å²) >= 11 is 0. The van der Waals surface area contributed by atoms with Crippen LogP contribution in [0.15, 0.2) is 91.2 Å². The molecule has 4 nitrogen and oxygen atoms in total. The van der Waals surface area contributed by atoms with E-state index in [0.29, 0.717) is 30.4 Å². The third-order valence-electron chi connectivity index (χ3n) is 5.46. The monoisotopic (exact) mass is 416 g/mol. The number of benzene rings is 1. The lowest BCUT2D eigenvalue weighted by Gasteiger charge is -2.36. The molecule has 158 valence electrons. The predicted octanol–water partition coefficient (Wildman–Crippen LogP) is 4.78. The van der Waals surface area contributed by atoms with Crippen molar-refractivity contribution in [2.75, 3.05) is 0 Å². The average molecular weight is 416 g/mol. The Bertz CT molecular complexity index is 1080. The van der Waals surface area contributed by atoms with E-state index in [1.807, 2.05) is 48.6 Å². The van der Waals surface area contributed by atoms with Crippen molar-refractivity contribution < 1.29 is 14.0 Å². The third kappa shape index (κ3) is 5.51. The molecule has 1 aliphatic rings. The molecule has 1 aromatic carbocycles. The van der Waals surface area contributed by atoms with Gasteiger partial charge in [0, 0.05) is 29.7 Å². The van der Waals surface area contributed by atoms with Crippen molar-refractivity contribution in [3.63, 3.8) is 0 Å². The highest BCUT2D eigenvalue weighted by Crippen LogP contribution is 2.41. The molecular weight excluding hydrogens is 391 g/mol. The SMILES string of the molecule is C=C/C(=C\C(N)=O)CC1(Cc2ccnc(F)c2)C/C=C\C=C/CC(=O)c2ccccc21. The number of hydrogen-bond acceptors (Lipinski definition) is 3. The van der Waals surface area contributed by atoms with Gasteiger partial charge < -0.3 is 5.73 Å². The van der Waals surface area contributed by atoms with Crippen LogP contribution in [-0.4, -0.2) is 16.7 Å². The number of nitrogens with zero attached hydrogens (tertiary/aromatic N) is 1. The van der Waals surface area contributed by atoms with Crippen molar-refractivity contribution in [2.24, 2.45) is 5.73 Å². The van der Waals surface area contributed by atoms with Gasteiger partial charge in [-0.25, -0.2) is 4.98 Å². The Labute approximate surface area is 181 Å². The number of fused-ring (bicyclic) bond motifs is 1. The van der Waals surface area contributed by atoms with Gasteiger partial charge in [-0.05, 0) is 48.1 Å². The first kappa shape index (κ1) is 22.1. The summed E-state index contributed by atoms with van der Waals surface area (Å²) in [5, 5.41) is 0. The number of halogens is 1. The third-order valence-corrected chi connectivity index (χ3v) is 5.46. The standard InChI is InChI=1S/C26H25FN2O2/c1-2-19(16-25(28)31)17-26(18-20-12-14-29-24(27)15-20)13-8-4-3-5-11-23(30)21-9-6-7-10-22(21)26/h2-10,12,14-16H,1,11,13,17-18H2,(H2,28,31)/b5-3-,8-4-,19-16+. The molecule has 0 bridgehead atoms. The number of carbonyl (C=O) groups excluding carboxylic acids is 2. The van der Waals surface area contributed by atoms with Crippen molar-refractivity contribution >= 4 is 11.7 Å². The van der Waals surface area contributed by atoms with Crippen molar-refractivity contribution in [3.05, 3.63) is 114 Å². The van der Waals surface area contributed by atoms with E-state index in [1.165, 1.54) is 18.3 Å². The van der Waals surface area contributed by atoms with E-state index in [4.69, 9.17) is 5.73 Å². The first-order chi connectivity index (χ1) is 14.9. The molecule has 3 rings (SSSR count). The van der Waals surface area contributed by atoms with E-state index in [9.17, 15) is 14.0 Å². The van der Waals surface area contributed by atoms with Crippen LogP contribution in [0, 0.1) is 5.95 Å². The lowest BCUT2D eigenvalue weighted by atomic mass is 9.67. The Balaban J connectivity index is 2.24. The van der Waals surface area contributed by atoms with Crippen LogP contribution in [0.4, 0.5) is 4.39 Å². The number of aromatic nitrogens is 1. The highest BCUT2D eigenvalue weighted by atomic mass is 19.1. The van der Waals surface area contributed by atoms with Gasteiger partial charge in [-0.2, -0.15) is 4.39 Å². The number of primary amides is 1. The molecule has 0 fully saturated rings. The molecule has 1 amide bonds. The fraction of sp³-hybridized carbons (Fsp3) is 0.192. The van der Waals surface area contributed by atoms with Crippen LogP contribution in [0.2, 0.25) is 0 Å². The number of pyridine rings is 1. The van der Waals surface area contributed by atoms with E-state index in [-0.39, 0.29) is 12.2 Å². The number of hydrogen-bond donors (Lipinski definition) is 1. The molecule has 1 atom stereocenters. The molecule has 0 radical (unpaired) electrons. The zero-order chi connectivity index (χ0) is 22.3.